The van der Waals surface area contributed by atoms with E-state index in [1.54, 1.807) is 0 Å². The van der Waals surface area contributed by atoms with Gasteiger partial charge in [-0.15, -0.1) is 0 Å². The second-order valence-corrected chi connectivity index (χ2v) is 7.71. The van der Waals surface area contributed by atoms with E-state index in [2.05, 4.69) is 31.4 Å². The highest BCUT2D eigenvalue weighted by atomic mass is 16.2. The summed E-state index contributed by atoms with van der Waals surface area (Å²) in [4.78, 5) is 26.0. The second-order valence-electron chi connectivity index (χ2n) is 7.71. The van der Waals surface area contributed by atoms with Crippen LogP contribution < -0.4 is 10.6 Å². The average Bonchev–Trinajstić information content (AvgIpc) is 2.52. The fourth-order valence-corrected chi connectivity index (χ4v) is 2.87. The molecule has 1 aliphatic rings. The summed E-state index contributed by atoms with van der Waals surface area (Å²) >= 11 is 0. The molecule has 0 aromatic heterocycles. The fourth-order valence-electron chi connectivity index (χ4n) is 2.87. The minimum atomic E-state index is -0.0293. The molecule has 1 saturated heterocycles. The van der Waals surface area contributed by atoms with Crippen LogP contribution in [0, 0.1) is 5.41 Å². The Morgan fingerprint density at radius 1 is 1.12 bits per heavy atom. The Hall–Kier alpha value is -2.04. The lowest BCUT2D eigenvalue weighted by molar-refractivity contribution is -0.123. The number of hydrogen-bond donors (Lipinski definition) is 2. The van der Waals surface area contributed by atoms with Gasteiger partial charge in [0.25, 0.3) is 0 Å². The summed E-state index contributed by atoms with van der Waals surface area (Å²) < 4.78 is 0. The number of piperidine rings is 1. The molecule has 1 aromatic rings. The van der Waals surface area contributed by atoms with E-state index in [-0.39, 0.29) is 23.4 Å². The van der Waals surface area contributed by atoms with E-state index < -0.39 is 0 Å². The molecule has 0 atom stereocenters. The molecule has 132 valence electrons. The van der Waals surface area contributed by atoms with Gasteiger partial charge < -0.3 is 15.5 Å². The molecule has 24 heavy (non-hydrogen) atoms. The minimum Gasteiger partial charge on any atom is -0.353 e. The van der Waals surface area contributed by atoms with Crippen molar-refractivity contribution in [2.75, 3.05) is 13.1 Å². The third kappa shape index (κ3) is 6.22. The Kier molecular flexibility index (Phi) is 6.23. The van der Waals surface area contributed by atoms with E-state index in [4.69, 9.17) is 0 Å². The normalized spacial score (nSPS) is 15.9. The van der Waals surface area contributed by atoms with Gasteiger partial charge in [0.1, 0.15) is 0 Å². The van der Waals surface area contributed by atoms with Crippen LogP contribution in [0.25, 0.3) is 0 Å². The zero-order valence-corrected chi connectivity index (χ0v) is 15.0. The van der Waals surface area contributed by atoms with Gasteiger partial charge in [0.05, 0.1) is 0 Å². The van der Waals surface area contributed by atoms with Crippen LogP contribution in [-0.4, -0.2) is 36.0 Å². The Bertz CT molecular complexity index is 543. The molecule has 1 aliphatic heterocycles. The van der Waals surface area contributed by atoms with Crippen LogP contribution in [0.2, 0.25) is 0 Å². The summed E-state index contributed by atoms with van der Waals surface area (Å²) in [5.74, 6) is 0.106. The maximum absolute atomic E-state index is 12.2. The van der Waals surface area contributed by atoms with Crippen molar-refractivity contribution < 1.29 is 9.59 Å². The van der Waals surface area contributed by atoms with E-state index in [1.807, 2.05) is 35.2 Å². The first kappa shape index (κ1) is 18.3. The van der Waals surface area contributed by atoms with Crippen molar-refractivity contribution in [3.05, 3.63) is 35.9 Å². The van der Waals surface area contributed by atoms with Gasteiger partial charge in [0.15, 0.2) is 0 Å². The van der Waals surface area contributed by atoms with Gasteiger partial charge in [0, 0.05) is 32.1 Å². The highest BCUT2D eigenvalue weighted by Gasteiger charge is 2.25. The lowest BCUT2D eigenvalue weighted by Gasteiger charge is -2.33. The summed E-state index contributed by atoms with van der Waals surface area (Å²) in [6, 6.07) is 10.0. The van der Waals surface area contributed by atoms with Crippen LogP contribution in [0.4, 0.5) is 4.79 Å². The standard InChI is InChI=1S/C19H29N3O2/c1-19(2,3)13-17(23)21-16-9-11-22(12-10-16)18(24)20-14-15-7-5-4-6-8-15/h4-8,16H,9-14H2,1-3H3,(H,20,24)(H,21,23). The number of benzene rings is 1. The number of rotatable bonds is 4. The van der Waals surface area contributed by atoms with Gasteiger partial charge in [-0.1, -0.05) is 51.1 Å². The average molecular weight is 331 g/mol. The van der Waals surface area contributed by atoms with Crippen molar-refractivity contribution in [2.45, 2.75) is 52.6 Å². The zero-order chi connectivity index (χ0) is 17.6. The van der Waals surface area contributed by atoms with E-state index in [0.717, 1.165) is 18.4 Å². The summed E-state index contributed by atoms with van der Waals surface area (Å²) in [6.07, 6.45) is 2.16. The lowest BCUT2D eigenvalue weighted by atomic mass is 9.91. The highest BCUT2D eigenvalue weighted by molar-refractivity contribution is 5.77. The number of nitrogens with zero attached hydrogens (tertiary/aromatic N) is 1. The van der Waals surface area contributed by atoms with Crippen LogP contribution in [-0.2, 0) is 11.3 Å². The second kappa shape index (κ2) is 8.18. The number of amides is 3. The number of hydrogen-bond acceptors (Lipinski definition) is 2. The molecule has 0 spiro atoms. The first-order valence-electron chi connectivity index (χ1n) is 8.69. The van der Waals surface area contributed by atoms with E-state index >= 15 is 0 Å². The monoisotopic (exact) mass is 331 g/mol. The van der Waals surface area contributed by atoms with Gasteiger partial charge in [-0.05, 0) is 23.8 Å². The molecule has 0 radical (unpaired) electrons. The summed E-state index contributed by atoms with van der Waals surface area (Å²) in [5, 5.41) is 6.05. The Labute approximate surface area is 144 Å². The topological polar surface area (TPSA) is 61.4 Å². The number of likely N-dealkylation sites (tertiary alicyclic amines) is 1. The van der Waals surface area contributed by atoms with Crippen molar-refractivity contribution in [3.63, 3.8) is 0 Å². The molecule has 2 rings (SSSR count). The van der Waals surface area contributed by atoms with Crippen LogP contribution in [0.15, 0.2) is 30.3 Å². The molecular formula is C19H29N3O2. The molecule has 0 aliphatic carbocycles. The number of carbonyl (C=O) groups is 2. The smallest absolute Gasteiger partial charge is 0.317 e. The molecule has 2 N–H and O–H groups in total. The van der Waals surface area contributed by atoms with Gasteiger partial charge in [-0.25, -0.2) is 4.79 Å². The molecule has 0 unspecified atom stereocenters. The largest absolute Gasteiger partial charge is 0.353 e. The molecule has 3 amide bonds. The molecule has 5 heteroatoms. The minimum absolute atomic E-state index is 0.00209. The number of carbonyl (C=O) groups excluding carboxylic acids is 2. The SMILES string of the molecule is CC(C)(C)CC(=O)NC1CCN(C(=O)NCc2ccccc2)CC1. The van der Waals surface area contributed by atoms with Crippen molar-refractivity contribution in [2.24, 2.45) is 5.41 Å². The molecule has 1 heterocycles. The van der Waals surface area contributed by atoms with Crippen molar-refractivity contribution in [1.29, 1.82) is 0 Å². The predicted octanol–water partition coefficient (Wildman–Crippen LogP) is 2.91. The quantitative estimate of drug-likeness (QED) is 0.891. The zero-order valence-electron chi connectivity index (χ0n) is 15.0. The van der Waals surface area contributed by atoms with Crippen LogP contribution in [0.5, 0.6) is 0 Å². The first-order chi connectivity index (χ1) is 11.3. The first-order valence-corrected chi connectivity index (χ1v) is 8.69. The van der Waals surface area contributed by atoms with Gasteiger partial charge in [0.2, 0.25) is 5.91 Å². The van der Waals surface area contributed by atoms with Gasteiger partial charge in [-0.2, -0.15) is 0 Å². The maximum atomic E-state index is 12.2. The van der Waals surface area contributed by atoms with Crippen LogP contribution in [0.3, 0.4) is 0 Å². The molecule has 1 fully saturated rings. The lowest BCUT2D eigenvalue weighted by Crippen LogP contribution is -2.49. The molecule has 0 bridgehead atoms. The summed E-state index contributed by atoms with van der Waals surface area (Å²) in [6.45, 7) is 8.09. The third-order valence-electron chi connectivity index (χ3n) is 4.12. The van der Waals surface area contributed by atoms with Crippen molar-refractivity contribution in [1.82, 2.24) is 15.5 Å². The Morgan fingerprint density at radius 3 is 2.33 bits per heavy atom. The highest BCUT2D eigenvalue weighted by Crippen LogP contribution is 2.19. The Morgan fingerprint density at radius 2 is 1.75 bits per heavy atom. The van der Waals surface area contributed by atoms with Crippen molar-refractivity contribution >= 4 is 11.9 Å². The summed E-state index contributed by atoms with van der Waals surface area (Å²) in [5.41, 5.74) is 1.09. The van der Waals surface area contributed by atoms with E-state index in [0.29, 0.717) is 26.1 Å². The predicted molar refractivity (Wildman–Crippen MR) is 95.5 cm³/mol. The van der Waals surface area contributed by atoms with E-state index in [9.17, 15) is 9.59 Å². The molecule has 5 nitrogen and oxygen atoms in total. The van der Waals surface area contributed by atoms with E-state index in [1.165, 1.54) is 0 Å². The Balaban J connectivity index is 1.70. The van der Waals surface area contributed by atoms with Gasteiger partial charge >= 0.3 is 6.03 Å². The maximum Gasteiger partial charge on any atom is 0.317 e. The van der Waals surface area contributed by atoms with Gasteiger partial charge in [-0.3, -0.25) is 4.79 Å². The number of urea groups is 1. The van der Waals surface area contributed by atoms with Crippen molar-refractivity contribution in [3.8, 4) is 0 Å². The summed E-state index contributed by atoms with van der Waals surface area (Å²) in [7, 11) is 0. The molecule has 1 aromatic carbocycles. The van der Waals surface area contributed by atoms with Crippen LogP contribution >= 0.6 is 0 Å². The number of nitrogens with one attached hydrogen (secondary N) is 2. The molecular weight excluding hydrogens is 302 g/mol. The third-order valence-corrected chi connectivity index (χ3v) is 4.12. The fraction of sp³-hybridized carbons (Fsp3) is 0.579. The van der Waals surface area contributed by atoms with Crippen LogP contribution in [0.1, 0.15) is 45.6 Å². The molecule has 0 saturated carbocycles.